The highest BCUT2D eigenvalue weighted by Crippen LogP contribution is 1.77. The van der Waals surface area contributed by atoms with E-state index < -0.39 is 10.8 Å². The standard InChI is InChI=1S/C5H8OS/c1-3-4-5-7(2)6/h1H,4-5H2,2H3. The van der Waals surface area contributed by atoms with Crippen LogP contribution in [0.15, 0.2) is 0 Å². The largest absolute Gasteiger partial charge is 0.260 e. The second-order valence-corrected chi connectivity index (χ2v) is 2.79. The van der Waals surface area contributed by atoms with Crippen molar-refractivity contribution in [3.05, 3.63) is 0 Å². The maximum Gasteiger partial charge on any atom is 0.0341 e. The summed E-state index contributed by atoms with van der Waals surface area (Å²) in [6, 6.07) is 0. The molecule has 0 saturated heterocycles. The Bertz CT molecular complexity index is 101. The van der Waals surface area contributed by atoms with Crippen molar-refractivity contribution in [2.24, 2.45) is 0 Å². The summed E-state index contributed by atoms with van der Waals surface area (Å²) in [6.45, 7) is 0. The van der Waals surface area contributed by atoms with E-state index in [1.807, 2.05) is 0 Å². The zero-order chi connectivity index (χ0) is 5.70. The van der Waals surface area contributed by atoms with Crippen LogP contribution in [0.4, 0.5) is 0 Å². The SMILES string of the molecule is C#CCCS(C)=O. The lowest BCUT2D eigenvalue weighted by atomic mass is 10.5. The lowest BCUT2D eigenvalue weighted by Crippen LogP contribution is -1.90. The summed E-state index contributed by atoms with van der Waals surface area (Å²) in [5, 5.41) is 0. The normalized spacial score (nSPS) is 12.6. The van der Waals surface area contributed by atoms with Crippen LogP contribution in [-0.2, 0) is 10.8 Å². The number of hydrogen-bond donors (Lipinski definition) is 0. The Balaban J connectivity index is 3.02. The number of rotatable bonds is 2. The van der Waals surface area contributed by atoms with Gasteiger partial charge in [-0.1, -0.05) is 0 Å². The second kappa shape index (κ2) is 3.89. The zero-order valence-corrected chi connectivity index (χ0v) is 5.12. The summed E-state index contributed by atoms with van der Waals surface area (Å²) in [5.74, 6) is 3.04. The van der Waals surface area contributed by atoms with Crippen molar-refractivity contribution in [2.75, 3.05) is 12.0 Å². The van der Waals surface area contributed by atoms with Gasteiger partial charge in [0.1, 0.15) is 0 Å². The molecule has 0 aromatic rings. The minimum absolute atomic E-state index is 0.628. The summed E-state index contributed by atoms with van der Waals surface area (Å²) in [6.07, 6.45) is 7.17. The van der Waals surface area contributed by atoms with Gasteiger partial charge in [0.15, 0.2) is 0 Å². The van der Waals surface area contributed by atoms with E-state index in [4.69, 9.17) is 6.42 Å². The third-order valence-corrected chi connectivity index (χ3v) is 1.31. The molecule has 0 heterocycles. The highest BCUT2D eigenvalue weighted by Gasteiger charge is 1.83. The van der Waals surface area contributed by atoms with Crippen LogP contribution in [-0.4, -0.2) is 16.2 Å². The van der Waals surface area contributed by atoms with Gasteiger partial charge in [0.05, 0.1) is 0 Å². The second-order valence-electron chi connectivity index (χ2n) is 1.23. The van der Waals surface area contributed by atoms with E-state index in [0.717, 1.165) is 0 Å². The van der Waals surface area contributed by atoms with E-state index in [1.54, 1.807) is 6.26 Å². The van der Waals surface area contributed by atoms with Gasteiger partial charge in [0, 0.05) is 29.2 Å². The van der Waals surface area contributed by atoms with Gasteiger partial charge in [-0.3, -0.25) is 4.21 Å². The molecule has 0 aliphatic rings. The van der Waals surface area contributed by atoms with Crippen molar-refractivity contribution in [3.8, 4) is 12.3 Å². The molecule has 1 atom stereocenters. The van der Waals surface area contributed by atoms with Crippen LogP contribution in [0.25, 0.3) is 0 Å². The van der Waals surface area contributed by atoms with Crippen molar-refractivity contribution < 1.29 is 4.21 Å². The van der Waals surface area contributed by atoms with Crippen LogP contribution < -0.4 is 0 Å². The lowest BCUT2D eigenvalue weighted by Gasteiger charge is -1.82. The zero-order valence-electron chi connectivity index (χ0n) is 4.31. The van der Waals surface area contributed by atoms with Gasteiger partial charge in [-0.05, 0) is 0 Å². The fourth-order valence-electron chi connectivity index (χ4n) is 0.203. The molecular formula is C5H8OS. The van der Waals surface area contributed by atoms with Crippen LogP contribution in [0.2, 0.25) is 0 Å². The Kier molecular flexibility index (Phi) is 3.72. The maximum absolute atomic E-state index is 10.2. The first-order valence-electron chi connectivity index (χ1n) is 2.01. The first kappa shape index (κ1) is 6.71. The van der Waals surface area contributed by atoms with Crippen molar-refractivity contribution in [2.45, 2.75) is 6.42 Å². The smallest absolute Gasteiger partial charge is 0.0341 e. The summed E-state index contributed by atoms with van der Waals surface area (Å²) in [4.78, 5) is 0. The monoisotopic (exact) mass is 116 g/mol. The minimum Gasteiger partial charge on any atom is -0.260 e. The van der Waals surface area contributed by atoms with Gasteiger partial charge in [-0.2, -0.15) is 0 Å². The van der Waals surface area contributed by atoms with Gasteiger partial charge >= 0.3 is 0 Å². The van der Waals surface area contributed by atoms with E-state index in [-0.39, 0.29) is 0 Å². The molecule has 0 rings (SSSR count). The number of terminal acetylenes is 1. The van der Waals surface area contributed by atoms with Gasteiger partial charge in [-0.25, -0.2) is 0 Å². The predicted molar refractivity (Wildman–Crippen MR) is 32.4 cm³/mol. The minimum atomic E-state index is -0.708. The van der Waals surface area contributed by atoms with E-state index >= 15 is 0 Å². The Morgan fingerprint density at radius 1 is 1.86 bits per heavy atom. The summed E-state index contributed by atoms with van der Waals surface area (Å²) in [7, 11) is -0.708. The highest BCUT2D eigenvalue weighted by molar-refractivity contribution is 7.84. The number of hydrogen-bond acceptors (Lipinski definition) is 1. The van der Waals surface area contributed by atoms with Crippen LogP contribution in [0.5, 0.6) is 0 Å². The third-order valence-electron chi connectivity index (χ3n) is 0.534. The fraction of sp³-hybridized carbons (Fsp3) is 0.600. The first-order chi connectivity index (χ1) is 3.27. The molecule has 2 heteroatoms. The third kappa shape index (κ3) is 5.71. The average molecular weight is 116 g/mol. The van der Waals surface area contributed by atoms with Crippen LogP contribution in [0, 0.1) is 12.3 Å². The van der Waals surface area contributed by atoms with Crippen molar-refractivity contribution in [1.29, 1.82) is 0 Å². The Morgan fingerprint density at radius 2 is 2.43 bits per heavy atom. The van der Waals surface area contributed by atoms with Crippen molar-refractivity contribution in [3.63, 3.8) is 0 Å². The molecule has 1 unspecified atom stereocenters. The molecule has 0 N–H and O–H groups in total. The average Bonchev–Trinajstić information content (AvgIpc) is 1.61. The summed E-state index contributed by atoms with van der Waals surface area (Å²) >= 11 is 0. The maximum atomic E-state index is 10.2. The van der Waals surface area contributed by atoms with E-state index in [1.165, 1.54) is 0 Å². The van der Waals surface area contributed by atoms with E-state index in [9.17, 15) is 4.21 Å². The lowest BCUT2D eigenvalue weighted by molar-refractivity contribution is 0.686. The van der Waals surface area contributed by atoms with Crippen molar-refractivity contribution in [1.82, 2.24) is 0 Å². The van der Waals surface area contributed by atoms with E-state index in [0.29, 0.717) is 12.2 Å². The van der Waals surface area contributed by atoms with Gasteiger partial charge in [0.25, 0.3) is 0 Å². The Morgan fingerprint density at radius 3 is 2.57 bits per heavy atom. The molecule has 0 aromatic heterocycles. The molecule has 1 nitrogen and oxygen atoms in total. The first-order valence-corrected chi connectivity index (χ1v) is 3.73. The molecule has 0 bridgehead atoms. The molecule has 0 saturated carbocycles. The van der Waals surface area contributed by atoms with Gasteiger partial charge in [0.2, 0.25) is 0 Å². The summed E-state index contributed by atoms with van der Waals surface area (Å²) in [5.41, 5.74) is 0. The molecule has 0 aliphatic carbocycles. The molecular weight excluding hydrogens is 108 g/mol. The molecule has 40 valence electrons. The highest BCUT2D eigenvalue weighted by atomic mass is 32.2. The molecule has 0 amide bonds. The van der Waals surface area contributed by atoms with Crippen LogP contribution in [0.1, 0.15) is 6.42 Å². The van der Waals surface area contributed by atoms with Crippen molar-refractivity contribution >= 4 is 10.8 Å². The molecule has 0 aromatic carbocycles. The molecule has 0 radical (unpaired) electrons. The Labute approximate surface area is 46.6 Å². The summed E-state index contributed by atoms with van der Waals surface area (Å²) < 4.78 is 10.2. The van der Waals surface area contributed by atoms with Crippen LogP contribution in [0.3, 0.4) is 0 Å². The predicted octanol–water partition coefficient (Wildman–Crippen LogP) is 0.388. The quantitative estimate of drug-likeness (QED) is 0.477. The molecule has 7 heavy (non-hydrogen) atoms. The van der Waals surface area contributed by atoms with E-state index in [2.05, 4.69) is 5.92 Å². The molecule has 0 aliphatic heterocycles. The van der Waals surface area contributed by atoms with Gasteiger partial charge in [-0.15, -0.1) is 12.3 Å². The van der Waals surface area contributed by atoms with Gasteiger partial charge < -0.3 is 0 Å². The van der Waals surface area contributed by atoms with Crippen LogP contribution >= 0.6 is 0 Å². The molecule has 0 spiro atoms. The Hall–Kier alpha value is -0.290. The molecule has 0 fully saturated rings. The topological polar surface area (TPSA) is 17.1 Å². The fourth-order valence-corrected chi connectivity index (χ4v) is 0.608.